The summed E-state index contributed by atoms with van der Waals surface area (Å²) in [6.45, 7) is 0. The maximum Gasteiger partial charge on any atom is 0.435 e. The van der Waals surface area contributed by atoms with Crippen LogP contribution in [0.15, 0.2) is 54.6 Å². The van der Waals surface area contributed by atoms with Gasteiger partial charge in [0, 0.05) is 9.13 Å². The normalized spacial score (nSPS) is 12.7. The Morgan fingerprint density at radius 3 is 1.80 bits per heavy atom. The maximum absolute atomic E-state index is 15.1. The van der Waals surface area contributed by atoms with Gasteiger partial charge in [-0.2, -0.15) is 39.5 Å². The number of amides is 2. The smallest absolute Gasteiger partial charge is 0.320 e. The van der Waals surface area contributed by atoms with E-state index in [0.29, 0.717) is 0 Å². The number of rotatable bonds is 5. The van der Waals surface area contributed by atoms with Gasteiger partial charge in [-0.25, -0.2) is 8.78 Å². The average molecular weight is 731 g/mol. The van der Waals surface area contributed by atoms with Crippen molar-refractivity contribution >= 4 is 57.4 Å². The molecular weight excluding hydrogens is 720 g/mol. The minimum absolute atomic E-state index is 0.0228. The summed E-state index contributed by atoms with van der Waals surface area (Å²) in [4.78, 5) is 25.2. The van der Waals surface area contributed by atoms with Crippen molar-refractivity contribution in [3.63, 3.8) is 0 Å². The molecule has 41 heavy (non-hydrogen) atoms. The Bertz CT molecular complexity index is 1490. The first-order valence-corrected chi connectivity index (χ1v) is 12.0. The molecule has 3 rings (SSSR count). The average Bonchev–Trinajstić information content (AvgIpc) is 2.83. The molecule has 0 saturated heterocycles. The van der Waals surface area contributed by atoms with Crippen LogP contribution in [0.5, 0.6) is 0 Å². The summed E-state index contributed by atoms with van der Waals surface area (Å²) in [5, 5.41) is 3.68. The zero-order valence-electron chi connectivity index (χ0n) is 19.4. The van der Waals surface area contributed by atoms with Crippen molar-refractivity contribution in [1.29, 1.82) is 0 Å². The molecule has 0 aliphatic rings. The van der Waals surface area contributed by atoms with Gasteiger partial charge >= 0.3 is 24.2 Å². The lowest BCUT2D eigenvalue weighted by Crippen LogP contribution is -2.50. The molecule has 0 unspecified atom stereocenters. The van der Waals surface area contributed by atoms with Crippen LogP contribution in [0.2, 0.25) is 5.02 Å². The van der Waals surface area contributed by atoms with Gasteiger partial charge in [0.1, 0.15) is 0 Å². The lowest BCUT2D eigenvalue weighted by molar-refractivity contribution is -0.348. The summed E-state index contributed by atoms with van der Waals surface area (Å²) in [5.41, 5.74) is -14.0. The number of halogens is 13. The fourth-order valence-electron chi connectivity index (χ4n) is 3.46. The van der Waals surface area contributed by atoms with E-state index in [1.807, 2.05) is 0 Å². The van der Waals surface area contributed by atoms with E-state index in [9.17, 15) is 53.5 Å². The van der Waals surface area contributed by atoms with Crippen molar-refractivity contribution in [2.45, 2.75) is 24.2 Å². The van der Waals surface area contributed by atoms with E-state index in [1.165, 1.54) is 24.3 Å². The quantitative estimate of drug-likeness (QED) is 0.204. The van der Waals surface area contributed by atoms with Crippen LogP contribution in [0.25, 0.3) is 0 Å². The summed E-state index contributed by atoms with van der Waals surface area (Å²) in [6.07, 6.45) is -19.1. The van der Waals surface area contributed by atoms with Crippen LogP contribution in [0.3, 0.4) is 0 Å². The molecule has 2 amide bonds. The van der Waals surface area contributed by atoms with E-state index in [-0.39, 0.29) is 16.7 Å². The molecule has 0 bridgehead atoms. The largest absolute Gasteiger partial charge is 0.435 e. The third kappa shape index (κ3) is 6.37. The Labute approximate surface area is 241 Å². The number of anilines is 2. The van der Waals surface area contributed by atoms with Crippen LogP contribution in [0.4, 0.5) is 59.7 Å². The molecular formula is C24H11ClF11IN2O2. The van der Waals surface area contributed by atoms with Crippen molar-refractivity contribution in [1.82, 2.24) is 0 Å². The molecule has 220 valence electrons. The van der Waals surface area contributed by atoms with Gasteiger partial charge in [0.2, 0.25) is 0 Å². The van der Waals surface area contributed by atoms with Gasteiger partial charge in [0.25, 0.3) is 11.8 Å². The Morgan fingerprint density at radius 1 is 0.732 bits per heavy atom. The van der Waals surface area contributed by atoms with E-state index in [2.05, 4.69) is 5.32 Å². The van der Waals surface area contributed by atoms with E-state index in [1.54, 1.807) is 5.32 Å². The first-order chi connectivity index (χ1) is 18.7. The number of benzene rings is 3. The van der Waals surface area contributed by atoms with Crippen LogP contribution in [-0.4, -0.2) is 24.2 Å². The van der Waals surface area contributed by atoms with Crippen LogP contribution >= 0.6 is 34.2 Å². The highest BCUT2D eigenvalue weighted by Gasteiger charge is 2.73. The number of carbonyl (C=O) groups is 2. The van der Waals surface area contributed by atoms with Crippen LogP contribution in [0.1, 0.15) is 31.8 Å². The van der Waals surface area contributed by atoms with Crippen molar-refractivity contribution in [3.8, 4) is 0 Å². The highest BCUT2D eigenvalue weighted by molar-refractivity contribution is 14.1. The van der Waals surface area contributed by atoms with Gasteiger partial charge in [-0.1, -0.05) is 29.8 Å². The van der Waals surface area contributed by atoms with E-state index in [4.69, 9.17) is 11.6 Å². The van der Waals surface area contributed by atoms with E-state index >= 15 is 4.39 Å². The summed E-state index contributed by atoms with van der Waals surface area (Å²) in [6, 6.07) is 7.40. The molecule has 0 heterocycles. The molecule has 2 N–H and O–H groups in total. The predicted octanol–water partition coefficient (Wildman–Crippen LogP) is 8.90. The minimum Gasteiger partial charge on any atom is -0.320 e. The standard InChI is InChI=1S/C24H11ClF11IN2O2/c25-14-6-2-1-4-11(14)19(40)38-16-7-3-5-12(17(16)26)20(41)39-18-13(22(28,29)30)8-10(9-15(18)37)21(27,23(31,32)33)24(34,35)36/h1-9H,(H,38,40)(H,39,41). The number of alkyl halides is 10. The Balaban J connectivity index is 2.05. The highest BCUT2D eigenvalue weighted by atomic mass is 127. The molecule has 4 nitrogen and oxygen atoms in total. The first kappa shape index (κ1) is 32.4. The zero-order valence-corrected chi connectivity index (χ0v) is 22.3. The molecule has 0 fully saturated rings. The molecule has 0 aromatic heterocycles. The molecule has 3 aromatic rings. The van der Waals surface area contributed by atoms with E-state index in [0.717, 1.165) is 40.8 Å². The molecule has 0 aliphatic heterocycles. The predicted molar refractivity (Wildman–Crippen MR) is 133 cm³/mol. The maximum atomic E-state index is 15.1. The van der Waals surface area contributed by atoms with Gasteiger partial charge in [-0.05, 0) is 59.0 Å². The number of hydrogen-bond donors (Lipinski definition) is 2. The number of carbonyl (C=O) groups excluding carboxylic acids is 2. The molecule has 0 radical (unpaired) electrons. The third-order valence-electron chi connectivity index (χ3n) is 5.42. The lowest BCUT2D eigenvalue weighted by Gasteiger charge is -2.31. The van der Waals surface area contributed by atoms with Crippen molar-refractivity contribution in [2.24, 2.45) is 0 Å². The highest BCUT2D eigenvalue weighted by Crippen LogP contribution is 2.54. The second-order valence-corrected chi connectivity index (χ2v) is 9.66. The molecule has 0 aliphatic carbocycles. The van der Waals surface area contributed by atoms with Gasteiger partial charge in [0.05, 0.1) is 33.1 Å². The zero-order chi connectivity index (χ0) is 31.1. The Hall–Kier alpha value is -3.15. The van der Waals surface area contributed by atoms with Crippen molar-refractivity contribution in [2.75, 3.05) is 10.6 Å². The van der Waals surface area contributed by atoms with Crippen LogP contribution in [0, 0.1) is 9.39 Å². The summed E-state index contributed by atoms with van der Waals surface area (Å²) in [5.74, 6) is -4.02. The van der Waals surface area contributed by atoms with Crippen molar-refractivity contribution in [3.05, 3.63) is 91.3 Å². The van der Waals surface area contributed by atoms with Gasteiger partial charge < -0.3 is 10.6 Å². The molecule has 3 aromatic carbocycles. The Morgan fingerprint density at radius 2 is 1.27 bits per heavy atom. The molecule has 0 saturated carbocycles. The monoisotopic (exact) mass is 730 g/mol. The summed E-state index contributed by atoms with van der Waals surface area (Å²) >= 11 is 6.76. The van der Waals surface area contributed by atoms with E-state index < -0.39 is 79.5 Å². The SMILES string of the molecule is O=C(Nc1cccc(C(=O)Nc2c(I)cc(C(F)(C(F)(F)F)C(F)(F)F)cc2C(F)(F)F)c1F)c1ccccc1Cl. The third-order valence-corrected chi connectivity index (χ3v) is 6.60. The summed E-state index contributed by atoms with van der Waals surface area (Å²) in [7, 11) is 0. The first-order valence-electron chi connectivity index (χ1n) is 10.6. The van der Waals surface area contributed by atoms with Gasteiger partial charge in [0.15, 0.2) is 5.82 Å². The van der Waals surface area contributed by atoms with Crippen molar-refractivity contribution < 1.29 is 57.9 Å². The second kappa shape index (κ2) is 11.3. The number of hydrogen-bond acceptors (Lipinski definition) is 2. The lowest BCUT2D eigenvalue weighted by atomic mass is 9.92. The van der Waals surface area contributed by atoms with Gasteiger partial charge in [-0.15, -0.1) is 0 Å². The second-order valence-electron chi connectivity index (χ2n) is 8.09. The fourth-order valence-corrected chi connectivity index (χ4v) is 4.45. The topological polar surface area (TPSA) is 58.2 Å². The number of nitrogens with one attached hydrogen (secondary N) is 2. The Kier molecular flexibility index (Phi) is 8.89. The molecule has 17 heteroatoms. The minimum atomic E-state index is -6.71. The van der Waals surface area contributed by atoms with Crippen LogP contribution in [-0.2, 0) is 11.8 Å². The fraction of sp³-hybridized carbons (Fsp3) is 0.167. The van der Waals surface area contributed by atoms with Gasteiger partial charge in [-0.3, -0.25) is 9.59 Å². The molecule has 0 atom stereocenters. The summed E-state index contributed by atoms with van der Waals surface area (Å²) < 4.78 is 149. The molecule has 0 spiro atoms. The van der Waals surface area contributed by atoms with Crippen LogP contribution < -0.4 is 10.6 Å².